The summed E-state index contributed by atoms with van der Waals surface area (Å²) in [5.74, 6) is 0. The van der Waals surface area contributed by atoms with Crippen molar-refractivity contribution in [1.29, 1.82) is 0 Å². The zero-order chi connectivity index (χ0) is 18.5. The van der Waals surface area contributed by atoms with Crippen molar-refractivity contribution in [2.45, 2.75) is 59.2 Å². The summed E-state index contributed by atoms with van der Waals surface area (Å²) in [7, 11) is 0. The van der Waals surface area contributed by atoms with Gasteiger partial charge in [-0.3, -0.25) is 9.58 Å². The number of hydrogen-bond acceptors (Lipinski definition) is 4. The number of piperidine rings is 1. The smallest absolute Gasteiger partial charge is 0.319 e. The van der Waals surface area contributed by atoms with Crippen LogP contribution in [-0.4, -0.2) is 39.8 Å². The van der Waals surface area contributed by atoms with E-state index < -0.39 is 0 Å². The van der Waals surface area contributed by atoms with Crippen molar-refractivity contribution in [3.63, 3.8) is 0 Å². The minimum absolute atomic E-state index is 0.121. The molecule has 0 spiro atoms. The zero-order valence-corrected chi connectivity index (χ0v) is 16.7. The Morgan fingerprint density at radius 3 is 2.77 bits per heavy atom. The van der Waals surface area contributed by atoms with Crippen LogP contribution in [-0.2, 0) is 13.1 Å². The summed E-state index contributed by atoms with van der Waals surface area (Å²) < 4.78 is 1.97. The first-order chi connectivity index (χ1) is 12.6. The second-order valence-electron chi connectivity index (χ2n) is 7.00. The monoisotopic (exact) mass is 375 g/mol. The quantitative estimate of drug-likeness (QED) is 0.808. The number of carbonyl (C=O) groups excluding carboxylic acids is 1. The van der Waals surface area contributed by atoms with Gasteiger partial charge in [0.25, 0.3) is 0 Å². The molecule has 26 heavy (non-hydrogen) atoms. The molecule has 6 nitrogen and oxygen atoms in total. The summed E-state index contributed by atoms with van der Waals surface area (Å²) in [4.78, 5) is 16.3. The van der Waals surface area contributed by atoms with Gasteiger partial charge in [0.2, 0.25) is 0 Å². The van der Waals surface area contributed by atoms with Crippen LogP contribution >= 0.6 is 11.3 Å². The lowest BCUT2D eigenvalue weighted by Gasteiger charge is -2.32. The predicted octanol–water partition coefficient (Wildman–Crippen LogP) is 3.76. The molecule has 7 heteroatoms. The maximum absolute atomic E-state index is 12.4. The topological polar surface area (TPSA) is 62.2 Å². The first-order valence-electron chi connectivity index (χ1n) is 9.43. The van der Waals surface area contributed by atoms with Crippen LogP contribution in [0, 0.1) is 13.8 Å². The molecule has 0 aliphatic carbocycles. The van der Waals surface area contributed by atoms with Crippen LogP contribution in [0.4, 0.5) is 10.5 Å². The molecule has 1 aliphatic heterocycles. The molecular weight excluding hydrogens is 346 g/mol. The second kappa shape index (κ2) is 8.68. The number of amides is 2. The van der Waals surface area contributed by atoms with Gasteiger partial charge in [0.1, 0.15) is 0 Å². The van der Waals surface area contributed by atoms with Gasteiger partial charge in [-0.05, 0) is 44.6 Å². The normalized spacial score (nSPS) is 16.0. The third kappa shape index (κ3) is 4.65. The fourth-order valence-corrected chi connectivity index (χ4v) is 4.25. The van der Waals surface area contributed by atoms with E-state index in [4.69, 9.17) is 0 Å². The number of hydrogen-bond donors (Lipinski definition) is 2. The number of aryl methyl sites for hydroxylation is 2. The van der Waals surface area contributed by atoms with E-state index in [2.05, 4.69) is 45.1 Å². The molecule has 3 heterocycles. The van der Waals surface area contributed by atoms with Gasteiger partial charge in [0, 0.05) is 37.1 Å². The highest BCUT2D eigenvalue weighted by molar-refractivity contribution is 7.09. The van der Waals surface area contributed by atoms with Gasteiger partial charge < -0.3 is 10.6 Å². The van der Waals surface area contributed by atoms with Gasteiger partial charge in [-0.25, -0.2) is 4.79 Å². The molecule has 1 aliphatic rings. The number of nitrogens with one attached hydrogen (secondary N) is 2. The zero-order valence-electron chi connectivity index (χ0n) is 15.9. The highest BCUT2D eigenvalue weighted by atomic mass is 32.1. The fraction of sp³-hybridized carbons (Fsp3) is 0.579. The van der Waals surface area contributed by atoms with Gasteiger partial charge in [0.05, 0.1) is 17.1 Å². The SMILES string of the molecule is CCCn1nc(C)c(NC(=O)NC2CCN(Cc3cccs3)CC2)c1C. The standard InChI is InChI=1S/C19H29N5OS/c1-4-9-24-15(3)18(14(2)22-24)21-19(25)20-16-7-10-23(11-8-16)13-17-6-5-12-26-17/h5-6,12,16H,4,7-11,13H2,1-3H3,(H2,20,21,25). The molecule has 1 fully saturated rings. The largest absolute Gasteiger partial charge is 0.335 e. The summed E-state index contributed by atoms with van der Waals surface area (Å²) in [5, 5.41) is 12.8. The Labute approximate surface area is 159 Å². The van der Waals surface area contributed by atoms with E-state index in [1.165, 1.54) is 4.88 Å². The Hall–Kier alpha value is -1.86. The first kappa shape index (κ1) is 18.9. The Balaban J connectivity index is 1.47. The molecule has 2 amide bonds. The van der Waals surface area contributed by atoms with Gasteiger partial charge >= 0.3 is 6.03 Å². The molecule has 142 valence electrons. The van der Waals surface area contributed by atoms with Crippen LogP contribution in [0.2, 0.25) is 0 Å². The lowest BCUT2D eigenvalue weighted by atomic mass is 10.1. The van der Waals surface area contributed by atoms with Crippen LogP contribution in [0.1, 0.15) is 42.5 Å². The molecule has 3 rings (SSSR count). The minimum Gasteiger partial charge on any atom is -0.335 e. The molecule has 0 aromatic carbocycles. The maximum Gasteiger partial charge on any atom is 0.319 e. The number of urea groups is 1. The van der Waals surface area contributed by atoms with Gasteiger partial charge in [0.15, 0.2) is 0 Å². The molecule has 0 unspecified atom stereocenters. The number of nitrogens with zero attached hydrogens (tertiary/aromatic N) is 3. The Bertz CT molecular complexity index is 717. The predicted molar refractivity (Wildman–Crippen MR) is 107 cm³/mol. The molecule has 0 bridgehead atoms. The van der Waals surface area contributed by atoms with Crippen molar-refractivity contribution in [1.82, 2.24) is 20.0 Å². The van der Waals surface area contributed by atoms with E-state index >= 15 is 0 Å². The van der Waals surface area contributed by atoms with Crippen molar-refractivity contribution in [2.75, 3.05) is 18.4 Å². The molecule has 0 radical (unpaired) electrons. The average molecular weight is 376 g/mol. The molecule has 2 aromatic rings. The average Bonchev–Trinajstić information content (AvgIpc) is 3.21. The number of thiophene rings is 1. The molecule has 1 saturated heterocycles. The van der Waals surface area contributed by atoms with Crippen molar-refractivity contribution in [2.24, 2.45) is 0 Å². The highest BCUT2D eigenvalue weighted by Gasteiger charge is 2.22. The van der Waals surface area contributed by atoms with Crippen LogP contribution < -0.4 is 10.6 Å². The van der Waals surface area contributed by atoms with E-state index in [9.17, 15) is 4.79 Å². The Morgan fingerprint density at radius 2 is 2.12 bits per heavy atom. The van der Waals surface area contributed by atoms with E-state index in [1.54, 1.807) is 0 Å². The number of aromatic nitrogens is 2. The van der Waals surface area contributed by atoms with Crippen LogP contribution in [0.25, 0.3) is 0 Å². The molecule has 2 aromatic heterocycles. The summed E-state index contributed by atoms with van der Waals surface area (Å²) in [6, 6.07) is 4.40. The third-order valence-corrected chi connectivity index (χ3v) is 5.80. The first-order valence-corrected chi connectivity index (χ1v) is 10.3. The van der Waals surface area contributed by atoms with Gasteiger partial charge in [-0.1, -0.05) is 13.0 Å². The lowest BCUT2D eigenvalue weighted by Crippen LogP contribution is -2.45. The minimum atomic E-state index is -0.121. The van der Waals surface area contributed by atoms with Crippen molar-refractivity contribution < 1.29 is 4.79 Å². The van der Waals surface area contributed by atoms with Crippen molar-refractivity contribution in [3.05, 3.63) is 33.8 Å². The van der Waals surface area contributed by atoms with E-state index in [0.717, 1.165) is 62.5 Å². The second-order valence-corrected chi connectivity index (χ2v) is 8.03. The van der Waals surface area contributed by atoms with E-state index in [-0.39, 0.29) is 12.1 Å². The third-order valence-electron chi connectivity index (χ3n) is 4.94. The van der Waals surface area contributed by atoms with Crippen LogP contribution in [0.15, 0.2) is 17.5 Å². The lowest BCUT2D eigenvalue weighted by molar-refractivity contribution is 0.191. The van der Waals surface area contributed by atoms with Gasteiger partial charge in [-0.2, -0.15) is 5.10 Å². The molecule has 0 atom stereocenters. The number of likely N-dealkylation sites (tertiary alicyclic amines) is 1. The fourth-order valence-electron chi connectivity index (χ4n) is 3.50. The number of rotatable bonds is 6. The number of carbonyl (C=O) groups is 1. The molecule has 2 N–H and O–H groups in total. The summed E-state index contributed by atoms with van der Waals surface area (Å²) in [6.45, 7) is 10.0. The van der Waals surface area contributed by atoms with Crippen LogP contribution in [0.5, 0.6) is 0 Å². The Kier molecular flexibility index (Phi) is 6.32. The number of anilines is 1. The van der Waals surface area contributed by atoms with Crippen molar-refractivity contribution in [3.8, 4) is 0 Å². The highest BCUT2D eigenvalue weighted by Crippen LogP contribution is 2.20. The molecular formula is C19H29N5OS. The summed E-state index contributed by atoms with van der Waals surface area (Å²) >= 11 is 1.81. The van der Waals surface area contributed by atoms with Crippen molar-refractivity contribution >= 4 is 23.1 Å². The molecule has 0 saturated carbocycles. The van der Waals surface area contributed by atoms with E-state index in [0.29, 0.717) is 0 Å². The van der Waals surface area contributed by atoms with E-state index in [1.807, 2.05) is 29.9 Å². The Morgan fingerprint density at radius 1 is 1.35 bits per heavy atom. The van der Waals surface area contributed by atoms with Crippen LogP contribution in [0.3, 0.4) is 0 Å². The maximum atomic E-state index is 12.4. The van der Waals surface area contributed by atoms with Gasteiger partial charge in [-0.15, -0.1) is 11.3 Å². The summed E-state index contributed by atoms with van der Waals surface area (Å²) in [5.41, 5.74) is 2.73. The summed E-state index contributed by atoms with van der Waals surface area (Å²) in [6.07, 6.45) is 3.01.